The number of amides is 2. The van der Waals surface area contributed by atoms with Crippen molar-refractivity contribution >= 4 is 49.6 Å². The Morgan fingerprint density at radius 1 is 1.33 bits per heavy atom. The average Bonchev–Trinajstić information content (AvgIpc) is 2.37. The third kappa shape index (κ3) is 4.84. The van der Waals surface area contributed by atoms with Gasteiger partial charge in [0.15, 0.2) is 0 Å². The number of halogens is 2. The molecule has 1 aromatic rings. The summed E-state index contributed by atoms with van der Waals surface area (Å²) in [5.41, 5.74) is 4.48. The van der Waals surface area contributed by atoms with E-state index in [-0.39, 0.29) is 33.0 Å². The molecular formula is C10H11BrClN3O5S. The Bertz CT molecular complexity index is 680. The van der Waals surface area contributed by atoms with Crippen LogP contribution in [0.15, 0.2) is 21.5 Å². The van der Waals surface area contributed by atoms with E-state index in [0.29, 0.717) is 0 Å². The minimum Gasteiger partial charge on any atom is -0.478 e. The lowest BCUT2D eigenvalue weighted by atomic mass is 10.2. The van der Waals surface area contributed by atoms with Gasteiger partial charge in [0.2, 0.25) is 10.0 Å². The van der Waals surface area contributed by atoms with Crippen molar-refractivity contribution in [1.29, 1.82) is 0 Å². The number of carbonyl (C=O) groups is 2. The molecule has 0 heterocycles. The van der Waals surface area contributed by atoms with Crippen LogP contribution in [0, 0.1) is 0 Å². The quantitative estimate of drug-likeness (QED) is 0.522. The predicted octanol–water partition coefficient (Wildman–Crippen LogP) is 0.747. The number of carbonyl (C=O) groups excluding carboxylic acids is 1. The molecule has 0 aliphatic carbocycles. The van der Waals surface area contributed by atoms with Crippen molar-refractivity contribution in [2.24, 2.45) is 5.73 Å². The van der Waals surface area contributed by atoms with Gasteiger partial charge in [-0.2, -0.15) is 0 Å². The molecule has 0 saturated heterocycles. The van der Waals surface area contributed by atoms with Crippen molar-refractivity contribution in [2.45, 2.75) is 4.90 Å². The summed E-state index contributed by atoms with van der Waals surface area (Å²) in [6, 6.07) is 1.34. The van der Waals surface area contributed by atoms with Crippen molar-refractivity contribution in [1.82, 2.24) is 10.0 Å². The number of hydrogen-bond donors (Lipinski definition) is 4. The summed E-state index contributed by atoms with van der Waals surface area (Å²) in [6.45, 7) is -0.108. The van der Waals surface area contributed by atoms with Crippen LogP contribution in [0.1, 0.15) is 10.4 Å². The van der Waals surface area contributed by atoms with Gasteiger partial charge < -0.3 is 16.2 Å². The molecule has 1 aromatic carbocycles. The van der Waals surface area contributed by atoms with Crippen LogP contribution < -0.4 is 15.8 Å². The summed E-state index contributed by atoms with van der Waals surface area (Å²) in [5, 5.41) is 11.1. The first-order valence-corrected chi connectivity index (χ1v) is 8.06. The number of nitrogens with one attached hydrogen (secondary N) is 2. The maximum Gasteiger partial charge on any atom is 0.337 e. The van der Waals surface area contributed by atoms with E-state index in [1.54, 1.807) is 0 Å². The van der Waals surface area contributed by atoms with Gasteiger partial charge in [-0.25, -0.2) is 22.7 Å². The molecule has 0 aromatic heterocycles. The number of carboxylic acid groups (broad SMARTS) is 1. The van der Waals surface area contributed by atoms with E-state index in [9.17, 15) is 18.0 Å². The van der Waals surface area contributed by atoms with Gasteiger partial charge in [-0.1, -0.05) is 11.6 Å². The minimum atomic E-state index is -3.95. The Labute approximate surface area is 133 Å². The minimum absolute atomic E-state index is 0.00485. The fourth-order valence-corrected chi connectivity index (χ4v) is 3.21. The van der Waals surface area contributed by atoms with Crippen LogP contribution in [-0.2, 0) is 10.0 Å². The molecule has 116 valence electrons. The fraction of sp³-hybridized carbons (Fsp3) is 0.200. The number of urea groups is 1. The second-order valence-electron chi connectivity index (χ2n) is 3.76. The number of benzene rings is 1. The van der Waals surface area contributed by atoms with E-state index >= 15 is 0 Å². The lowest BCUT2D eigenvalue weighted by Gasteiger charge is -2.09. The Kier molecular flexibility index (Phi) is 5.96. The molecule has 0 atom stereocenters. The van der Waals surface area contributed by atoms with Gasteiger partial charge >= 0.3 is 12.0 Å². The lowest BCUT2D eigenvalue weighted by Crippen LogP contribution is -2.37. The largest absolute Gasteiger partial charge is 0.478 e. The first-order valence-electron chi connectivity index (χ1n) is 5.40. The molecule has 0 bridgehead atoms. The van der Waals surface area contributed by atoms with E-state index in [2.05, 4.69) is 26.0 Å². The van der Waals surface area contributed by atoms with E-state index in [0.717, 1.165) is 6.07 Å². The number of aromatic carboxylic acids is 1. The summed E-state index contributed by atoms with van der Waals surface area (Å²) in [6.07, 6.45) is 0. The maximum atomic E-state index is 12.0. The summed E-state index contributed by atoms with van der Waals surface area (Å²) in [4.78, 5) is 21.2. The second-order valence-corrected chi connectivity index (χ2v) is 6.76. The molecular weight excluding hydrogens is 390 g/mol. The topological polar surface area (TPSA) is 139 Å². The van der Waals surface area contributed by atoms with Crippen LogP contribution in [0.3, 0.4) is 0 Å². The van der Waals surface area contributed by atoms with Gasteiger partial charge in [-0.15, -0.1) is 0 Å². The third-order valence-electron chi connectivity index (χ3n) is 2.26. The van der Waals surface area contributed by atoms with Crippen molar-refractivity contribution in [3.63, 3.8) is 0 Å². The predicted molar refractivity (Wildman–Crippen MR) is 78.9 cm³/mol. The monoisotopic (exact) mass is 399 g/mol. The zero-order valence-electron chi connectivity index (χ0n) is 10.4. The van der Waals surface area contributed by atoms with E-state index in [4.69, 9.17) is 22.4 Å². The van der Waals surface area contributed by atoms with Crippen molar-refractivity contribution in [3.8, 4) is 0 Å². The molecule has 0 aliphatic heterocycles. The summed E-state index contributed by atoms with van der Waals surface area (Å²) in [5.74, 6) is -1.35. The number of rotatable bonds is 6. The molecule has 0 saturated carbocycles. The molecule has 21 heavy (non-hydrogen) atoms. The second kappa shape index (κ2) is 7.07. The van der Waals surface area contributed by atoms with Crippen LogP contribution >= 0.6 is 27.5 Å². The van der Waals surface area contributed by atoms with Gasteiger partial charge in [0.05, 0.1) is 15.5 Å². The Morgan fingerprint density at radius 3 is 2.48 bits per heavy atom. The van der Waals surface area contributed by atoms with Crippen LogP contribution in [0.25, 0.3) is 0 Å². The summed E-state index contributed by atoms with van der Waals surface area (Å²) >= 11 is 8.77. The van der Waals surface area contributed by atoms with E-state index in [1.807, 2.05) is 0 Å². The highest BCUT2D eigenvalue weighted by molar-refractivity contribution is 9.10. The normalized spacial score (nSPS) is 11.1. The van der Waals surface area contributed by atoms with Crippen molar-refractivity contribution in [2.75, 3.05) is 13.1 Å². The number of hydrogen-bond acceptors (Lipinski definition) is 4. The van der Waals surface area contributed by atoms with Crippen LogP contribution in [0.5, 0.6) is 0 Å². The zero-order chi connectivity index (χ0) is 16.2. The van der Waals surface area contributed by atoms with E-state index < -0.39 is 22.0 Å². The van der Waals surface area contributed by atoms with Crippen molar-refractivity contribution < 1.29 is 23.1 Å². The highest BCUT2D eigenvalue weighted by atomic mass is 79.9. The lowest BCUT2D eigenvalue weighted by molar-refractivity contribution is 0.0696. The molecule has 0 spiro atoms. The zero-order valence-corrected chi connectivity index (χ0v) is 13.5. The third-order valence-corrected chi connectivity index (χ3v) is 4.96. The Morgan fingerprint density at radius 2 is 1.95 bits per heavy atom. The maximum absolute atomic E-state index is 12.0. The summed E-state index contributed by atoms with van der Waals surface area (Å²) < 4.78 is 26.3. The number of sulfonamides is 1. The standard InChI is InChI=1S/C10H11BrClN3O5S/c11-7-4-5(3-6(8(7)12)9(16)17)21(19,20)15-2-1-14-10(13)18/h3-4,15H,1-2H2,(H,16,17)(H3,13,14,18). The highest BCUT2D eigenvalue weighted by Crippen LogP contribution is 2.29. The number of nitrogens with two attached hydrogens (primary N) is 1. The van der Waals surface area contributed by atoms with Gasteiger partial charge in [-0.05, 0) is 28.1 Å². The molecule has 2 amide bonds. The SMILES string of the molecule is NC(=O)NCCNS(=O)(=O)c1cc(Br)c(Cl)c(C(=O)O)c1. The number of primary amides is 1. The smallest absolute Gasteiger partial charge is 0.337 e. The Hall–Kier alpha value is -1.36. The average molecular weight is 401 g/mol. The van der Waals surface area contributed by atoms with Gasteiger partial charge in [0.1, 0.15) is 0 Å². The van der Waals surface area contributed by atoms with Gasteiger partial charge in [-0.3, -0.25) is 0 Å². The Balaban J connectivity index is 2.98. The van der Waals surface area contributed by atoms with Crippen LogP contribution in [0.2, 0.25) is 5.02 Å². The molecule has 11 heteroatoms. The van der Waals surface area contributed by atoms with Gasteiger partial charge in [0.25, 0.3) is 0 Å². The van der Waals surface area contributed by atoms with Crippen LogP contribution in [-0.4, -0.2) is 38.6 Å². The molecule has 8 nitrogen and oxygen atoms in total. The van der Waals surface area contributed by atoms with Gasteiger partial charge in [0, 0.05) is 17.6 Å². The number of carboxylic acids is 1. The molecule has 0 unspecified atom stereocenters. The van der Waals surface area contributed by atoms with Crippen molar-refractivity contribution in [3.05, 3.63) is 27.2 Å². The summed E-state index contributed by atoms with van der Waals surface area (Å²) in [7, 11) is -3.95. The first kappa shape index (κ1) is 17.7. The fourth-order valence-electron chi connectivity index (χ4n) is 1.33. The molecule has 0 radical (unpaired) electrons. The first-order chi connectivity index (χ1) is 9.65. The van der Waals surface area contributed by atoms with E-state index in [1.165, 1.54) is 6.07 Å². The molecule has 0 aliphatic rings. The highest BCUT2D eigenvalue weighted by Gasteiger charge is 2.20. The van der Waals surface area contributed by atoms with Crippen LogP contribution in [0.4, 0.5) is 4.79 Å². The molecule has 5 N–H and O–H groups in total. The molecule has 1 rings (SSSR count). The molecule has 0 fully saturated rings.